The predicted octanol–water partition coefficient (Wildman–Crippen LogP) is 3.33. The summed E-state index contributed by atoms with van der Waals surface area (Å²) < 4.78 is 52.6. The molecule has 0 fully saturated rings. The first-order valence-corrected chi connectivity index (χ1v) is 7.87. The van der Waals surface area contributed by atoms with Crippen molar-refractivity contribution in [2.75, 3.05) is 5.32 Å². The molecular weight excluding hydrogens is 368 g/mol. The van der Waals surface area contributed by atoms with Gasteiger partial charge in [-0.1, -0.05) is 13.8 Å². The first-order chi connectivity index (χ1) is 12.5. The second-order valence-corrected chi connectivity index (χ2v) is 5.43. The van der Waals surface area contributed by atoms with Crippen LogP contribution in [0.1, 0.15) is 31.9 Å². The topological polar surface area (TPSA) is 90.9 Å². The lowest BCUT2D eigenvalue weighted by molar-refractivity contribution is -0.138. The molecule has 0 unspecified atom stereocenters. The van der Waals surface area contributed by atoms with E-state index in [1.165, 1.54) is 12.3 Å². The molecule has 2 rings (SSSR count). The van der Waals surface area contributed by atoms with Crippen LogP contribution in [-0.4, -0.2) is 26.4 Å². The lowest BCUT2D eigenvalue weighted by Crippen LogP contribution is -2.43. The first-order valence-electron chi connectivity index (χ1n) is 7.87. The minimum Gasteiger partial charge on any atom is -0.378 e. The molecule has 0 radical (unpaired) electrons. The van der Waals surface area contributed by atoms with E-state index >= 15 is 0 Å². The van der Waals surface area contributed by atoms with Crippen LogP contribution in [0.4, 0.5) is 23.2 Å². The number of halogens is 4. The van der Waals surface area contributed by atoms with E-state index in [9.17, 15) is 27.5 Å². The van der Waals surface area contributed by atoms with Crippen molar-refractivity contribution in [1.82, 2.24) is 9.78 Å². The van der Waals surface area contributed by atoms with Crippen molar-refractivity contribution in [3.8, 4) is 6.07 Å². The minimum atomic E-state index is -4.78. The predicted molar refractivity (Wildman–Crippen MR) is 88.9 cm³/mol. The number of hydrogen-bond acceptors (Lipinski definition) is 4. The van der Waals surface area contributed by atoms with Crippen molar-refractivity contribution in [3.05, 3.63) is 47.5 Å². The molecule has 1 aromatic heterocycles. The van der Waals surface area contributed by atoms with Gasteiger partial charge in [-0.3, -0.25) is 9.48 Å². The number of amides is 1. The highest BCUT2D eigenvalue weighted by Gasteiger charge is 2.35. The molecule has 146 valence electrons. The average molecular weight is 386 g/mol. The quantitative estimate of drug-likeness (QED) is 0.789. The van der Waals surface area contributed by atoms with Crippen molar-refractivity contribution in [1.29, 1.82) is 5.26 Å². The molecule has 1 heterocycles. The largest absolute Gasteiger partial charge is 0.417 e. The van der Waals surface area contributed by atoms with Gasteiger partial charge >= 0.3 is 6.18 Å². The van der Waals surface area contributed by atoms with Crippen molar-refractivity contribution >= 4 is 11.6 Å². The summed E-state index contributed by atoms with van der Waals surface area (Å²) in [6, 6.07) is 5.05. The Labute approximate surface area is 153 Å². The van der Waals surface area contributed by atoms with Crippen LogP contribution >= 0.6 is 0 Å². The van der Waals surface area contributed by atoms with E-state index in [4.69, 9.17) is 5.26 Å². The Balaban J connectivity index is 0.00000176. The van der Waals surface area contributed by atoms with Crippen LogP contribution in [0.3, 0.4) is 0 Å². The fourth-order valence-electron chi connectivity index (χ4n) is 2.03. The third kappa shape index (κ3) is 5.79. The van der Waals surface area contributed by atoms with Gasteiger partial charge in [-0.15, -0.1) is 5.10 Å². The lowest BCUT2D eigenvalue weighted by Gasteiger charge is -2.22. The van der Waals surface area contributed by atoms with Crippen molar-refractivity contribution in [3.63, 3.8) is 0 Å². The van der Waals surface area contributed by atoms with Crippen LogP contribution in [0.15, 0.2) is 30.5 Å². The molecule has 2 N–H and O–H groups in total. The highest BCUT2D eigenvalue weighted by molar-refractivity contribution is 5.96. The van der Waals surface area contributed by atoms with Crippen molar-refractivity contribution in [2.45, 2.75) is 39.1 Å². The zero-order valence-corrected chi connectivity index (χ0v) is 14.8. The Morgan fingerprint density at radius 3 is 2.44 bits per heavy atom. The molecule has 1 atom stereocenters. The number of nitrogens with zero attached hydrogens (tertiary/aromatic N) is 3. The molecular formula is C17H18F4N4O2. The summed E-state index contributed by atoms with van der Waals surface area (Å²) >= 11 is 0. The SMILES string of the molecule is CC.C[C@](O)(Cn1ccc(F)n1)C(=O)Nc1ccc(C#N)c(C(F)(F)F)c1. The van der Waals surface area contributed by atoms with Crippen LogP contribution in [0.5, 0.6) is 0 Å². The number of rotatable bonds is 4. The smallest absolute Gasteiger partial charge is 0.378 e. The van der Waals surface area contributed by atoms with E-state index in [1.54, 1.807) is 0 Å². The number of anilines is 1. The number of aromatic nitrogens is 2. The van der Waals surface area contributed by atoms with Crippen LogP contribution in [0, 0.1) is 17.3 Å². The van der Waals surface area contributed by atoms with Gasteiger partial charge in [-0.25, -0.2) is 0 Å². The number of hydrogen-bond donors (Lipinski definition) is 2. The normalized spacial score (nSPS) is 13.0. The van der Waals surface area contributed by atoms with E-state index in [2.05, 4.69) is 10.4 Å². The zero-order chi connectivity index (χ0) is 20.8. The van der Waals surface area contributed by atoms with Gasteiger partial charge in [0.2, 0.25) is 5.95 Å². The fourth-order valence-corrected chi connectivity index (χ4v) is 2.03. The van der Waals surface area contributed by atoms with Gasteiger partial charge in [0.25, 0.3) is 5.91 Å². The van der Waals surface area contributed by atoms with Crippen molar-refractivity contribution < 1.29 is 27.5 Å². The molecule has 2 aromatic rings. The molecule has 0 aliphatic carbocycles. The first kappa shape index (κ1) is 22.1. The zero-order valence-electron chi connectivity index (χ0n) is 14.8. The number of nitriles is 1. The third-order valence-corrected chi connectivity index (χ3v) is 3.27. The number of nitrogens with one attached hydrogen (secondary N) is 1. The van der Waals surface area contributed by atoms with Gasteiger partial charge in [0.15, 0.2) is 5.60 Å². The fraction of sp³-hybridized carbons (Fsp3) is 0.353. The second-order valence-electron chi connectivity index (χ2n) is 5.43. The van der Waals surface area contributed by atoms with E-state index < -0.39 is 41.3 Å². The van der Waals surface area contributed by atoms with Gasteiger partial charge in [0.1, 0.15) is 0 Å². The average Bonchev–Trinajstić information content (AvgIpc) is 3.00. The number of carbonyl (C=O) groups excluding carboxylic acids is 1. The Morgan fingerprint density at radius 2 is 1.96 bits per heavy atom. The van der Waals surface area contributed by atoms with Crippen LogP contribution in [0.25, 0.3) is 0 Å². The summed E-state index contributed by atoms with van der Waals surface area (Å²) in [5, 5.41) is 24.4. The summed E-state index contributed by atoms with van der Waals surface area (Å²) in [6.45, 7) is 4.70. The highest BCUT2D eigenvalue weighted by atomic mass is 19.4. The van der Waals surface area contributed by atoms with Gasteiger partial charge in [0, 0.05) is 18.0 Å². The summed E-state index contributed by atoms with van der Waals surface area (Å²) in [6.07, 6.45) is -3.58. The van der Waals surface area contributed by atoms with Gasteiger partial charge in [0.05, 0.1) is 23.7 Å². The number of carbonyl (C=O) groups is 1. The molecule has 10 heteroatoms. The summed E-state index contributed by atoms with van der Waals surface area (Å²) in [5.41, 5.74) is -4.11. The van der Waals surface area contributed by atoms with E-state index in [-0.39, 0.29) is 5.69 Å². The highest BCUT2D eigenvalue weighted by Crippen LogP contribution is 2.33. The number of aliphatic hydroxyl groups is 1. The standard InChI is InChI=1S/C15H12F4N4O2.C2H6/c1-14(25,8-23-5-4-12(16)22-23)13(24)21-10-3-2-9(7-20)11(6-10)15(17,18)19;1-2/h2-6,25H,8H2,1H3,(H,21,24);1-2H3/t14-;/m0./s1. The Kier molecular flexibility index (Phi) is 7.07. The Morgan fingerprint density at radius 1 is 1.33 bits per heavy atom. The number of benzene rings is 1. The maximum atomic E-state index is 12.9. The lowest BCUT2D eigenvalue weighted by atomic mass is 10.0. The van der Waals surface area contributed by atoms with Gasteiger partial charge < -0.3 is 10.4 Å². The minimum absolute atomic E-state index is 0.247. The Bertz CT molecular complexity index is 838. The molecule has 27 heavy (non-hydrogen) atoms. The second kappa shape index (κ2) is 8.64. The maximum Gasteiger partial charge on any atom is 0.417 e. The molecule has 0 bridgehead atoms. The molecule has 0 saturated carbocycles. The molecule has 1 amide bonds. The van der Waals surface area contributed by atoms with E-state index in [0.717, 1.165) is 29.8 Å². The summed E-state index contributed by atoms with van der Waals surface area (Å²) in [5.74, 6) is -1.82. The summed E-state index contributed by atoms with van der Waals surface area (Å²) in [4.78, 5) is 12.1. The third-order valence-electron chi connectivity index (χ3n) is 3.27. The van der Waals surface area contributed by atoms with Crippen LogP contribution < -0.4 is 5.32 Å². The number of alkyl halides is 3. The molecule has 0 saturated heterocycles. The van der Waals surface area contributed by atoms with E-state index in [0.29, 0.717) is 6.07 Å². The van der Waals surface area contributed by atoms with Crippen molar-refractivity contribution in [2.24, 2.45) is 0 Å². The molecule has 0 aliphatic rings. The summed E-state index contributed by atoms with van der Waals surface area (Å²) in [7, 11) is 0. The maximum absolute atomic E-state index is 12.9. The van der Waals surface area contributed by atoms with Crippen LogP contribution in [-0.2, 0) is 17.5 Å². The molecule has 0 aliphatic heterocycles. The van der Waals surface area contributed by atoms with Gasteiger partial charge in [-0.2, -0.15) is 22.8 Å². The van der Waals surface area contributed by atoms with Gasteiger partial charge in [-0.05, 0) is 25.1 Å². The molecule has 6 nitrogen and oxygen atoms in total. The molecule has 0 spiro atoms. The van der Waals surface area contributed by atoms with Crippen LogP contribution in [0.2, 0.25) is 0 Å². The van der Waals surface area contributed by atoms with E-state index in [1.807, 2.05) is 13.8 Å². The monoisotopic (exact) mass is 386 g/mol. The Hall–Kier alpha value is -2.93. The molecule has 1 aromatic carbocycles.